The van der Waals surface area contributed by atoms with Crippen LogP contribution in [0.4, 0.5) is 4.39 Å². The van der Waals surface area contributed by atoms with Crippen molar-refractivity contribution in [2.75, 3.05) is 6.54 Å². The van der Waals surface area contributed by atoms with E-state index < -0.39 is 0 Å². The van der Waals surface area contributed by atoms with Crippen molar-refractivity contribution in [1.82, 2.24) is 0 Å². The second-order valence-electron chi connectivity index (χ2n) is 5.31. The fourth-order valence-electron chi connectivity index (χ4n) is 3.01. The van der Waals surface area contributed by atoms with Crippen LogP contribution in [0.15, 0.2) is 54.6 Å². The van der Waals surface area contributed by atoms with Gasteiger partial charge in [0.1, 0.15) is 5.82 Å². The number of benzene rings is 2. The molecule has 19 heavy (non-hydrogen) atoms. The molecule has 0 heterocycles. The van der Waals surface area contributed by atoms with Crippen molar-refractivity contribution in [3.05, 3.63) is 71.5 Å². The molecule has 0 amide bonds. The smallest absolute Gasteiger partial charge is 0.123 e. The predicted octanol–water partition coefficient (Wildman–Crippen LogP) is 3.67. The minimum absolute atomic E-state index is 0.185. The number of rotatable bonds is 4. The van der Waals surface area contributed by atoms with Crippen LogP contribution in [0.25, 0.3) is 0 Å². The van der Waals surface area contributed by atoms with Crippen molar-refractivity contribution in [2.24, 2.45) is 11.7 Å². The van der Waals surface area contributed by atoms with E-state index in [0.717, 1.165) is 5.56 Å². The molecule has 3 unspecified atom stereocenters. The van der Waals surface area contributed by atoms with Crippen LogP contribution in [0.5, 0.6) is 0 Å². The van der Waals surface area contributed by atoms with Gasteiger partial charge in [0, 0.05) is 0 Å². The van der Waals surface area contributed by atoms with E-state index in [0.29, 0.717) is 24.3 Å². The van der Waals surface area contributed by atoms with Gasteiger partial charge in [0.25, 0.3) is 0 Å². The number of hydrogen-bond acceptors (Lipinski definition) is 1. The fraction of sp³-hybridized carbons (Fsp3) is 0.294. The highest BCUT2D eigenvalue weighted by atomic mass is 19.1. The van der Waals surface area contributed by atoms with E-state index in [1.54, 1.807) is 0 Å². The minimum atomic E-state index is -0.185. The maximum atomic E-state index is 13.0. The lowest BCUT2D eigenvalue weighted by Gasteiger charge is -2.15. The molecular formula is C17H18FN. The molecule has 1 aliphatic rings. The third-order valence-electron chi connectivity index (χ3n) is 4.14. The summed E-state index contributed by atoms with van der Waals surface area (Å²) in [5, 5.41) is 0. The highest BCUT2D eigenvalue weighted by molar-refractivity contribution is 5.31. The van der Waals surface area contributed by atoms with Crippen LogP contribution in [0.1, 0.15) is 29.4 Å². The molecule has 1 aliphatic carbocycles. The number of hydrogen-bond donors (Lipinski definition) is 1. The third kappa shape index (κ3) is 2.54. The lowest BCUT2D eigenvalue weighted by molar-refractivity contribution is 0.593. The molecule has 1 fully saturated rings. The van der Waals surface area contributed by atoms with Gasteiger partial charge in [0.05, 0.1) is 0 Å². The summed E-state index contributed by atoms with van der Waals surface area (Å²) >= 11 is 0. The normalized spacial score (nSPS) is 23.1. The molecule has 3 rings (SSSR count). The molecule has 0 spiro atoms. The van der Waals surface area contributed by atoms with E-state index in [2.05, 4.69) is 24.3 Å². The average molecular weight is 255 g/mol. The molecule has 1 nitrogen and oxygen atoms in total. The van der Waals surface area contributed by atoms with Crippen molar-refractivity contribution in [2.45, 2.75) is 18.3 Å². The van der Waals surface area contributed by atoms with Gasteiger partial charge in [-0.05, 0) is 54.0 Å². The van der Waals surface area contributed by atoms with E-state index in [-0.39, 0.29) is 5.82 Å². The highest BCUT2D eigenvalue weighted by Crippen LogP contribution is 2.54. The summed E-state index contributed by atoms with van der Waals surface area (Å²) in [4.78, 5) is 0. The minimum Gasteiger partial charge on any atom is -0.330 e. The molecule has 0 aromatic heterocycles. The van der Waals surface area contributed by atoms with E-state index in [1.165, 1.54) is 24.1 Å². The maximum Gasteiger partial charge on any atom is 0.123 e. The van der Waals surface area contributed by atoms with Crippen LogP contribution in [-0.2, 0) is 0 Å². The molecule has 3 atom stereocenters. The van der Waals surface area contributed by atoms with E-state index in [4.69, 9.17) is 5.73 Å². The molecular weight excluding hydrogens is 237 g/mol. The molecule has 2 aromatic rings. The largest absolute Gasteiger partial charge is 0.330 e. The summed E-state index contributed by atoms with van der Waals surface area (Å²) in [7, 11) is 0. The first-order valence-corrected chi connectivity index (χ1v) is 6.80. The summed E-state index contributed by atoms with van der Waals surface area (Å²) in [6.07, 6.45) is 1.18. The monoisotopic (exact) mass is 255 g/mol. The first-order chi connectivity index (χ1) is 9.29. The Kier molecular flexibility index (Phi) is 3.34. The Morgan fingerprint density at radius 3 is 2.37 bits per heavy atom. The summed E-state index contributed by atoms with van der Waals surface area (Å²) < 4.78 is 13.0. The Morgan fingerprint density at radius 2 is 1.74 bits per heavy atom. The molecule has 0 saturated heterocycles. The molecule has 0 bridgehead atoms. The molecule has 2 aromatic carbocycles. The summed E-state index contributed by atoms with van der Waals surface area (Å²) in [5.41, 5.74) is 8.49. The Morgan fingerprint density at radius 1 is 1.05 bits per heavy atom. The van der Waals surface area contributed by atoms with Crippen LogP contribution < -0.4 is 5.73 Å². The molecule has 1 saturated carbocycles. The maximum absolute atomic E-state index is 13.0. The Balaban J connectivity index is 1.77. The number of halogens is 1. The van der Waals surface area contributed by atoms with Gasteiger partial charge < -0.3 is 5.73 Å². The Hall–Kier alpha value is -1.67. The fourth-order valence-corrected chi connectivity index (χ4v) is 3.01. The first-order valence-electron chi connectivity index (χ1n) is 6.80. The van der Waals surface area contributed by atoms with Gasteiger partial charge in [-0.25, -0.2) is 4.39 Å². The predicted molar refractivity (Wildman–Crippen MR) is 75.5 cm³/mol. The lowest BCUT2D eigenvalue weighted by Crippen LogP contribution is -2.15. The van der Waals surface area contributed by atoms with Crippen molar-refractivity contribution in [3.63, 3.8) is 0 Å². The SMILES string of the molecule is NCC(c1ccc(F)cc1)C1CC1c1ccccc1. The highest BCUT2D eigenvalue weighted by Gasteiger charge is 2.43. The van der Waals surface area contributed by atoms with Crippen molar-refractivity contribution >= 4 is 0 Å². The topological polar surface area (TPSA) is 26.0 Å². The molecule has 98 valence electrons. The van der Waals surface area contributed by atoms with Gasteiger partial charge in [0.2, 0.25) is 0 Å². The molecule has 2 N–H and O–H groups in total. The van der Waals surface area contributed by atoms with Crippen molar-refractivity contribution in [3.8, 4) is 0 Å². The number of nitrogens with two attached hydrogens (primary N) is 1. The van der Waals surface area contributed by atoms with Crippen LogP contribution in [0, 0.1) is 11.7 Å². The van der Waals surface area contributed by atoms with Crippen LogP contribution in [0.2, 0.25) is 0 Å². The zero-order valence-corrected chi connectivity index (χ0v) is 10.8. The van der Waals surface area contributed by atoms with Gasteiger partial charge in [-0.15, -0.1) is 0 Å². The summed E-state index contributed by atoms with van der Waals surface area (Å²) in [5.74, 6) is 1.36. The van der Waals surface area contributed by atoms with Crippen LogP contribution in [-0.4, -0.2) is 6.54 Å². The van der Waals surface area contributed by atoms with E-state index >= 15 is 0 Å². The quantitative estimate of drug-likeness (QED) is 0.886. The van der Waals surface area contributed by atoms with Crippen molar-refractivity contribution < 1.29 is 4.39 Å². The lowest BCUT2D eigenvalue weighted by atomic mass is 9.92. The second-order valence-corrected chi connectivity index (χ2v) is 5.31. The van der Waals surface area contributed by atoms with E-state index in [1.807, 2.05) is 18.2 Å². The van der Waals surface area contributed by atoms with Crippen molar-refractivity contribution in [1.29, 1.82) is 0 Å². The summed E-state index contributed by atoms with van der Waals surface area (Å²) in [6, 6.07) is 17.4. The zero-order chi connectivity index (χ0) is 13.2. The zero-order valence-electron chi connectivity index (χ0n) is 10.8. The van der Waals surface area contributed by atoms with Gasteiger partial charge >= 0.3 is 0 Å². The third-order valence-corrected chi connectivity index (χ3v) is 4.14. The van der Waals surface area contributed by atoms with E-state index in [9.17, 15) is 4.39 Å². The molecule has 2 heteroatoms. The summed E-state index contributed by atoms with van der Waals surface area (Å²) in [6.45, 7) is 0.625. The van der Waals surface area contributed by atoms with Gasteiger partial charge in [-0.1, -0.05) is 42.5 Å². The molecule has 0 radical (unpaired) electrons. The second kappa shape index (κ2) is 5.14. The Labute approximate surface area is 113 Å². The van der Waals surface area contributed by atoms with Crippen LogP contribution in [0.3, 0.4) is 0 Å². The van der Waals surface area contributed by atoms with Gasteiger partial charge in [0.15, 0.2) is 0 Å². The Bertz CT molecular complexity index is 535. The first kappa shape index (κ1) is 12.4. The average Bonchev–Trinajstić information content (AvgIpc) is 3.23. The molecule has 0 aliphatic heterocycles. The standard InChI is InChI=1S/C17H18FN/c18-14-8-6-13(7-9-14)17(11-19)16-10-15(16)12-4-2-1-3-5-12/h1-9,15-17H,10-11,19H2. The van der Waals surface area contributed by atoms with Gasteiger partial charge in [-0.3, -0.25) is 0 Å². The van der Waals surface area contributed by atoms with Gasteiger partial charge in [-0.2, -0.15) is 0 Å². The van der Waals surface area contributed by atoms with Crippen LogP contribution >= 0.6 is 0 Å².